The molecule has 0 aliphatic heterocycles. The zero-order valence-electron chi connectivity index (χ0n) is 6.37. The summed E-state index contributed by atoms with van der Waals surface area (Å²) in [4.78, 5) is 16.4. The minimum absolute atomic E-state index is 0.597. The molecule has 0 unspecified atom stereocenters. The third kappa shape index (κ3) is 1.05. The molecule has 0 saturated heterocycles. The van der Waals surface area contributed by atoms with E-state index in [1.807, 2.05) is 24.4 Å². The van der Waals surface area contributed by atoms with Crippen LogP contribution in [0.4, 0.5) is 0 Å². The van der Waals surface area contributed by atoms with Crippen molar-refractivity contribution in [1.82, 2.24) is 9.97 Å². The summed E-state index contributed by atoms with van der Waals surface area (Å²) in [7, 11) is 0. The first-order valence-electron chi connectivity index (χ1n) is 3.68. The summed E-state index contributed by atoms with van der Waals surface area (Å²) in [5, 5.41) is 0. The van der Waals surface area contributed by atoms with Gasteiger partial charge in [-0.05, 0) is 24.3 Å². The molecule has 0 aliphatic rings. The van der Waals surface area contributed by atoms with Crippen LogP contribution in [0.5, 0.6) is 0 Å². The van der Waals surface area contributed by atoms with Gasteiger partial charge in [0, 0.05) is 6.20 Å². The van der Waals surface area contributed by atoms with E-state index < -0.39 is 0 Å². The Bertz CT molecular complexity index is 373. The number of nitrogens with one attached hydrogen (secondary N) is 2. The van der Waals surface area contributed by atoms with E-state index in [4.69, 9.17) is 0 Å². The van der Waals surface area contributed by atoms with Gasteiger partial charge < -0.3 is 9.97 Å². The molecule has 2 aromatic heterocycles. The van der Waals surface area contributed by atoms with Gasteiger partial charge in [-0.2, -0.15) is 0 Å². The van der Waals surface area contributed by atoms with Crippen molar-refractivity contribution in [2.24, 2.45) is 0 Å². The van der Waals surface area contributed by atoms with Crippen LogP contribution >= 0.6 is 0 Å². The van der Waals surface area contributed by atoms with E-state index in [0.717, 1.165) is 17.7 Å². The van der Waals surface area contributed by atoms with Crippen LogP contribution in [0.1, 0.15) is 10.5 Å². The maximum absolute atomic E-state index is 10.3. The van der Waals surface area contributed by atoms with Crippen molar-refractivity contribution < 1.29 is 4.79 Å². The Hall–Kier alpha value is -1.77. The van der Waals surface area contributed by atoms with Gasteiger partial charge in [-0.1, -0.05) is 0 Å². The summed E-state index contributed by atoms with van der Waals surface area (Å²) in [5.41, 5.74) is 2.52. The molecule has 0 amide bonds. The first kappa shape index (κ1) is 6.91. The molecule has 0 bridgehead atoms. The highest BCUT2D eigenvalue weighted by atomic mass is 16.1. The van der Waals surface area contributed by atoms with E-state index in [2.05, 4.69) is 9.97 Å². The average molecular weight is 160 g/mol. The normalized spacial score (nSPS) is 10.0. The van der Waals surface area contributed by atoms with E-state index in [1.165, 1.54) is 0 Å². The highest BCUT2D eigenvalue weighted by Gasteiger charge is 1.99. The van der Waals surface area contributed by atoms with Gasteiger partial charge in [0.2, 0.25) is 0 Å². The Kier molecular flexibility index (Phi) is 1.55. The molecule has 0 aliphatic carbocycles. The third-order valence-corrected chi connectivity index (χ3v) is 1.72. The van der Waals surface area contributed by atoms with Crippen molar-refractivity contribution in [2.45, 2.75) is 0 Å². The Morgan fingerprint density at radius 2 is 2.08 bits per heavy atom. The van der Waals surface area contributed by atoms with Crippen molar-refractivity contribution in [3.8, 4) is 11.4 Å². The maximum Gasteiger partial charge on any atom is 0.166 e. The van der Waals surface area contributed by atoms with Gasteiger partial charge in [-0.15, -0.1) is 0 Å². The molecule has 0 fully saturated rings. The standard InChI is InChI=1S/C9H8N2O/c12-6-7-3-4-9(11-7)8-2-1-5-10-8/h1-6,10-11H. The molecule has 3 nitrogen and oxygen atoms in total. The molecule has 0 radical (unpaired) electrons. The second kappa shape index (κ2) is 2.70. The molecule has 0 saturated carbocycles. The molecular weight excluding hydrogens is 152 g/mol. The lowest BCUT2D eigenvalue weighted by Crippen LogP contribution is -1.79. The lowest BCUT2D eigenvalue weighted by Gasteiger charge is -1.89. The van der Waals surface area contributed by atoms with Gasteiger partial charge in [0.15, 0.2) is 6.29 Å². The van der Waals surface area contributed by atoms with Crippen molar-refractivity contribution in [1.29, 1.82) is 0 Å². The Morgan fingerprint density at radius 1 is 1.17 bits per heavy atom. The van der Waals surface area contributed by atoms with Crippen molar-refractivity contribution in [2.75, 3.05) is 0 Å². The Morgan fingerprint density at radius 3 is 2.67 bits per heavy atom. The van der Waals surface area contributed by atoms with Crippen LogP contribution in [-0.2, 0) is 0 Å². The summed E-state index contributed by atoms with van der Waals surface area (Å²) in [5.74, 6) is 0. The third-order valence-electron chi connectivity index (χ3n) is 1.72. The first-order valence-corrected chi connectivity index (χ1v) is 3.68. The van der Waals surface area contributed by atoms with Gasteiger partial charge in [-0.3, -0.25) is 4.79 Å². The molecule has 2 heterocycles. The van der Waals surface area contributed by atoms with Gasteiger partial charge in [0.25, 0.3) is 0 Å². The van der Waals surface area contributed by atoms with Crippen LogP contribution in [0.3, 0.4) is 0 Å². The maximum atomic E-state index is 10.3. The second-order valence-electron chi connectivity index (χ2n) is 2.53. The minimum Gasteiger partial charge on any atom is -0.360 e. The number of aldehydes is 1. The zero-order valence-corrected chi connectivity index (χ0v) is 6.37. The van der Waals surface area contributed by atoms with Crippen molar-refractivity contribution in [3.63, 3.8) is 0 Å². The molecule has 0 spiro atoms. The molecule has 2 N–H and O–H groups in total. The van der Waals surface area contributed by atoms with Gasteiger partial charge in [-0.25, -0.2) is 0 Å². The van der Waals surface area contributed by atoms with Crippen LogP contribution < -0.4 is 0 Å². The van der Waals surface area contributed by atoms with Crippen molar-refractivity contribution in [3.05, 3.63) is 36.2 Å². The number of aromatic nitrogens is 2. The van der Waals surface area contributed by atoms with Gasteiger partial charge >= 0.3 is 0 Å². The summed E-state index contributed by atoms with van der Waals surface area (Å²) in [6.07, 6.45) is 2.64. The summed E-state index contributed by atoms with van der Waals surface area (Å²) < 4.78 is 0. The zero-order chi connectivity index (χ0) is 8.39. The van der Waals surface area contributed by atoms with E-state index in [1.54, 1.807) is 6.07 Å². The number of carbonyl (C=O) groups is 1. The number of rotatable bonds is 2. The van der Waals surface area contributed by atoms with Crippen LogP contribution in [-0.4, -0.2) is 16.3 Å². The number of aromatic amines is 2. The SMILES string of the molecule is O=Cc1ccc(-c2ccc[nH]2)[nH]1. The fraction of sp³-hybridized carbons (Fsp3) is 0. The summed E-state index contributed by atoms with van der Waals surface area (Å²) >= 11 is 0. The van der Waals surface area contributed by atoms with Gasteiger partial charge in [0.1, 0.15) is 0 Å². The Labute approximate surface area is 69.4 Å². The van der Waals surface area contributed by atoms with E-state index >= 15 is 0 Å². The molecule has 2 rings (SSSR count). The molecule has 2 aromatic rings. The van der Waals surface area contributed by atoms with Crippen LogP contribution in [0.2, 0.25) is 0 Å². The monoisotopic (exact) mass is 160 g/mol. The topological polar surface area (TPSA) is 48.6 Å². The largest absolute Gasteiger partial charge is 0.360 e. The van der Waals surface area contributed by atoms with E-state index in [9.17, 15) is 4.79 Å². The van der Waals surface area contributed by atoms with Crippen LogP contribution in [0.15, 0.2) is 30.5 Å². The predicted octanol–water partition coefficient (Wildman–Crippen LogP) is 1.82. The predicted molar refractivity (Wildman–Crippen MR) is 46.0 cm³/mol. The summed E-state index contributed by atoms with van der Waals surface area (Å²) in [6, 6.07) is 7.48. The van der Waals surface area contributed by atoms with E-state index in [0.29, 0.717) is 5.69 Å². The Balaban J connectivity index is 2.41. The van der Waals surface area contributed by atoms with Crippen LogP contribution in [0, 0.1) is 0 Å². The minimum atomic E-state index is 0.597. The fourth-order valence-electron chi connectivity index (χ4n) is 1.14. The quantitative estimate of drug-likeness (QED) is 0.647. The van der Waals surface area contributed by atoms with Crippen LogP contribution in [0.25, 0.3) is 11.4 Å². The number of carbonyl (C=O) groups excluding carboxylic acids is 1. The highest BCUT2D eigenvalue weighted by molar-refractivity contribution is 5.74. The molecule has 0 aromatic carbocycles. The number of hydrogen-bond acceptors (Lipinski definition) is 1. The fourth-order valence-corrected chi connectivity index (χ4v) is 1.14. The number of H-pyrrole nitrogens is 2. The smallest absolute Gasteiger partial charge is 0.166 e. The second-order valence-corrected chi connectivity index (χ2v) is 2.53. The molecule has 3 heteroatoms. The summed E-state index contributed by atoms with van der Waals surface area (Å²) in [6.45, 7) is 0. The first-order chi connectivity index (χ1) is 5.90. The molecule has 60 valence electrons. The molecule has 12 heavy (non-hydrogen) atoms. The van der Waals surface area contributed by atoms with Crippen molar-refractivity contribution >= 4 is 6.29 Å². The molecular formula is C9H8N2O. The molecule has 0 atom stereocenters. The lowest BCUT2D eigenvalue weighted by atomic mass is 10.3. The van der Waals surface area contributed by atoms with E-state index in [-0.39, 0.29) is 0 Å². The number of hydrogen-bond donors (Lipinski definition) is 2. The highest BCUT2D eigenvalue weighted by Crippen LogP contribution is 2.14. The average Bonchev–Trinajstić information content (AvgIpc) is 2.75. The lowest BCUT2D eigenvalue weighted by molar-refractivity contribution is 0.111. The van der Waals surface area contributed by atoms with Gasteiger partial charge in [0.05, 0.1) is 17.1 Å².